The first-order valence-corrected chi connectivity index (χ1v) is 20.7. The maximum Gasteiger partial charge on any atom is 0.472 e. The number of phosphoric ester groups is 1. The molecule has 0 saturated heterocycles. The van der Waals surface area contributed by atoms with E-state index >= 15 is 0 Å². The van der Waals surface area contributed by atoms with Gasteiger partial charge in [-0.25, -0.2) is 4.57 Å². The van der Waals surface area contributed by atoms with E-state index < -0.39 is 26.5 Å². The van der Waals surface area contributed by atoms with Crippen molar-refractivity contribution in [3.05, 3.63) is 36.5 Å². The molecule has 10 heteroatoms. The van der Waals surface area contributed by atoms with Gasteiger partial charge in [-0.1, -0.05) is 127 Å². The number of rotatable bonds is 34. The first kappa shape index (κ1) is 47.2. The van der Waals surface area contributed by atoms with Crippen LogP contribution in [-0.4, -0.2) is 74.9 Å². The summed E-state index contributed by atoms with van der Waals surface area (Å²) >= 11 is 0. The number of esters is 2. The molecule has 0 radical (unpaired) electrons. The number of carbonyl (C=O) groups excluding carboxylic acids is 2. The summed E-state index contributed by atoms with van der Waals surface area (Å²) in [4.78, 5) is 35.1. The number of allylic oxidation sites excluding steroid dienone is 6. The molecule has 0 spiro atoms. The molecule has 0 rings (SSSR count). The lowest BCUT2D eigenvalue weighted by molar-refractivity contribution is -0.870. The Morgan fingerprint density at radius 3 is 1.73 bits per heavy atom. The predicted octanol–water partition coefficient (Wildman–Crippen LogP) is 10.2. The number of hydrogen-bond donors (Lipinski definition) is 1. The lowest BCUT2D eigenvalue weighted by atomic mass is 10.0. The van der Waals surface area contributed by atoms with Crippen LogP contribution in [0.25, 0.3) is 0 Å². The first-order valence-electron chi connectivity index (χ1n) is 19.2. The largest absolute Gasteiger partial charge is 0.472 e. The zero-order valence-electron chi connectivity index (χ0n) is 31.9. The van der Waals surface area contributed by atoms with E-state index in [9.17, 15) is 19.0 Å². The lowest BCUT2D eigenvalue weighted by Gasteiger charge is -2.24. The number of likely N-dealkylation sites (N-methyl/N-ethyl adjacent to an activating group) is 1. The SMILES string of the molecule is CC/C=C\C/C=C\C/C=C\CCCCCC(=O)OC(COC(=O)CCCCCCCCCCCCCC)COP(=O)(O)OCC[N+](C)(C)C. The Labute approximate surface area is 300 Å². The number of phosphoric acid groups is 1. The molecule has 0 aromatic rings. The summed E-state index contributed by atoms with van der Waals surface area (Å²) in [6.45, 7) is 4.25. The van der Waals surface area contributed by atoms with Crippen molar-refractivity contribution in [1.82, 2.24) is 0 Å². The number of quaternary nitrogens is 1. The van der Waals surface area contributed by atoms with Crippen LogP contribution in [0.15, 0.2) is 36.5 Å². The van der Waals surface area contributed by atoms with Crippen LogP contribution in [0.3, 0.4) is 0 Å². The van der Waals surface area contributed by atoms with Crippen LogP contribution in [0.1, 0.15) is 149 Å². The Morgan fingerprint density at radius 2 is 1.16 bits per heavy atom. The second-order valence-corrected chi connectivity index (χ2v) is 15.4. The van der Waals surface area contributed by atoms with Gasteiger partial charge >= 0.3 is 19.8 Å². The molecule has 1 N–H and O–H groups in total. The Bertz CT molecular complexity index is 944. The fourth-order valence-corrected chi connectivity index (χ4v) is 5.65. The normalized spacial score (nSPS) is 14.2. The molecule has 0 amide bonds. The predicted molar refractivity (Wildman–Crippen MR) is 201 cm³/mol. The van der Waals surface area contributed by atoms with Crippen molar-refractivity contribution in [3.63, 3.8) is 0 Å². The van der Waals surface area contributed by atoms with E-state index in [4.69, 9.17) is 18.5 Å². The zero-order chi connectivity index (χ0) is 36.5. The van der Waals surface area contributed by atoms with Crippen LogP contribution >= 0.6 is 7.82 Å². The van der Waals surface area contributed by atoms with Gasteiger partial charge in [0, 0.05) is 12.8 Å². The zero-order valence-corrected chi connectivity index (χ0v) is 32.8. The van der Waals surface area contributed by atoms with Gasteiger partial charge in [0.25, 0.3) is 0 Å². The minimum atomic E-state index is -4.37. The van der Waals surface area contributed by atoms with Gasteiger partial charge in [0.15, 0.2) is 6.10 Å². The van der Waals surface area contributed by atoms with Gasteiger partial charge in [0.1, 0.15) is 19.8 Å². The van der Waals surface area contributed by atoms with E-state index in [1.165, 1.54) is 57.8 Å². The van der Waals surface area contributed by atoms with E-state index in [1.807, 2.05) is 21.1 Å². The number of carbonyl (C=O) groups is 2. The molecule has 0 aliphatic heterocycles. The monoisotopic (exact) mass is 715 g/mol. The van der Waals surface area contributed by atoms with Gasteiger partial charge < -0.3 is 18.9 Å². The molecule has 0 saturated carbocycles. The maximum atomic E-state index is 12.6. The summed E-state index contributed by atoms with van der Waals surface area (Å²) < 4.78 is 34.1. The molecule has 49 heavy (non-hydrogen) atoms. The molecule has 0 heterocycles. The van der Waals surface area contributed by atoms with E-state index in [0.717, 1.165) is 57.8 Å². The summed E-state index contributed by atoms with van der Waals surface area (Å²) in [6, 6.07) is 0. The van der Waals surface area contributed by atoms with Crippen LogP contribution in [0.4, 0.5) is 0 Å². The second kappa shape index (κ2) is 32.2. The van der Waals surface area contributed by atoms with Gasteiger partial charge in [-0.05, 0) is 44.9 Å². The highest BCUT2D eigenvalue weighted by Gasteiger charge is 2.27. The molecule has 0 aromatic heterocycles. The molecule has 0 aliphatic rings. The van der Waals surface area contributed by atoms with Crippen LogP contribution < -0.4 is 0 Å². The summed E-state index contributed by atoms with van der Waals surface area (Å²) in [6.07, 6.45) is 33.4. The Morgan fingerprint density at radius 1 is 0.653 bits per heavy atom. The fraction of sp³-hybridized carbons (Fsp3) is 0.795. The van der Waals surface area contributed by atoms with Crippen molar-refractivity contribution >= 4 is 19.8 Å². The number of hydrogen-bond acceptors (Lipinski definition) is 7. The summed E-state index contributed by atoms with van der Waals surface area (Å²) in [7, 11) is 1.45. The van der Waals surface area contributed by atoms with Crippen molar-refractivity contribution in [2.45, 2.75) is 155 Å². The first-order chi connectivity index (χ1) is 23.5. The number of ether oxygens (including phenoxy) is 2. The topological polar surface area (TPSA) is 108 Å². The Hall–Kier alpha value is -1.77. The van der Waals surface area contributed by atoms with Crippen molar-refractivity contribution in [2.24, 2.45) is 0 Å². The van der Waals surface area contributed by atoms with E-state index in [1.54, 1.807) is 0 Å². The standard InChI is InChI=1S/C39H72NO8P/c1-6-8-10-12-14-16-18-20-22-24-26-28-30-32-39(42)48-37(36-47-49(43,44)46-34-33-40(3,4)5)35-45-38(41)31-29-27-25-23-21-19-17-15-13-11-9-7-2/h8,10,14,16,20,22,37H,6-7,9,11-13,15,17-19,21,23-36H2,1-5H3/p+1/b10-8-,16-14-,22-20-. The molecule has 286 valence electrons. The van der Waals surface area contributed by atoms with Gasteiger partial charge in [-0.15, -0.1) is 0 Å². The maximum absolute atomic E-state index is 12.6. The highest BCUT2D eigenvalue weighted by Crippen LogP contribution is 2.43. The second-order valence-electron chi connectivity index (χ2n) is 13.9. The fourth-order valence-electron chi connectivity index (χ4n) is 4.91. The van der Waals surface area contributed by atoms with Crippen molar-refractivity contribution in [2.75, 3.05) is 47.5 Å². The van der Waals surface area contributed by atoms with Crippen molar-refractivity contribution in [1.29, 1.82) is 0 Å². The van der Waals surface area contributed by atoms with Gasteiger partial charge in [-0.2, -0.15) is 0 Å². The van der Waals surface area contributed by atoms with Gasteiger partial charge in [0.05, 0.1) is 27.7 Å². The molecule has 2 atom stereocenters. The highest BCUT2D eigenvalue weighted by molar-refractivity contribution is 7.47. The van der Waals surface area contributed by atoms with E-state index in [2.05, 4.69) is 50.3 Å². The minimum Gasteiger partial charge on any atom is -0.462 e. The molecule has 0 aromatic carbocycles. The van der Waals surface area contributed by atoms with Crippen LogP contribution in [0, 0.1) is 0 Å². The third kappa shape index (κ3) is 35.8. The van der Waals surface area contributed by atoms with Crippen LogP contribution in [0.5, 0.6) is 0 Å². The molecule has 2 unspecified atom stereocenters. The molecular formula is C39H73NO8P+. The number of nitrogens with zero attached hydrogens (tertiary/aromatic N) is 1. The smallest absolute Gasteiger partial charge is 0.462 e. The van der Waals surface area contributed by atoms with Crippen molar-refractivity contribution < 1.29 is 42.1 Å². The third-order valence-electron chi connectivity index (χ3n) is 7.93. The average molecular weight is 715 g/mol. The molecular weight excluding hydrogens is 641 g/mol. The van der Waals surface area contributed by atoms with Crippen LogP contribution in [-0.2, 0) is 32.7 Å². The summed E-state index contributed by atoms with van der Waals surface area (Å²) in [5.74, 6) is -0.835. The van der Waals surface area contributed by atoms with Gasteiger partial charge in [-0.3, -0.25) is 18.6 Å². The minimum absolute atomic E-state index is 0.0261. The molecule has 9 nitrogen and oxygen atoms in total. The summed E-state index contributed by atoms with van der Waals surface area (Å²) in [5, 5.41) is 0. The quantitative estimate of drug-likeness (QED) is 0.0231. The summed E-state index contributed by atoms with van der Waals surface area (Å²) in [5.41, 5.74) is 0. The lowest BCUT2D eigenvalue weighted by Crippen LogP contribution is -2.37. The molecule has 0 fully saturated rings. The van der Waals surface area contributed by atoms with E-state index in [-0.39, 0.29) is 32.0 Å². The van der Waals surface area contributed by atoms with Gasteiger partial charge in [0.2, 0.25) is 0 Å². The molecule has 0 aliphatic carbocycles. The average Bonchev–Trinajstić information content (AvgIpc) is 3.04. The third-order valence-corrected chi connectivity index (χ3v) is 8.92. The molecule has 0 bridgehead atoms. The number of unbranched alkanes of at least 4 members (excludes halogenated alkanes) is 14. The Balaban J connectivity index is 4.49. The van der Waals surface area contributed by atoms with Crippen molar-refractivity contribution in [3.8, 4) is 0 Å². The Kier molecular flexibility index (Phi) is 31.0. The van der Waals surface area contributed by atoms with Crippen LogP contribution in [0.2, 0.25) is 0 Å². The highest BCUT2D eigenvalue weighted by atomic mass is 31.2. The van der Waals surface area contributed by atoms with E-state index in [0.29, 0.717) is 17.4 Å².